The lowest BCUT2D eigenvalue weighted by atomic mass is 10.2. The number of amides is 2. The summed E-state index contributed by atoms with van der Waals surface area (Å²) in [4.78, 5) is 25.6. The number of nitrogens with one attached hydrogen (secondary N) is 1. The number of aliphatic carboxylic acids is 1. The molecular weight excluding hydrogens is 308 g/mol. The van der Waals surface area contributed by atoms with Crippen LogP contribution in [0, 0.1) is 11.6 Å². The van der Waals surface area contributed by atoms with Gasteiger partial charge in [0, 0.05) is 45.2 Å². The van der Waals surface area contributed by atoms with Gasteiger partial charge in [0.25, 0.3) is 0 Å². The lowest BCUT2D eigenvalue weighted by Gasteiger charge is -2.36. The fraction of sp³-hybridized carbons (Fsp3) is 0.467. The topological polar surface area (TPSA) is 72.9 Å². The average Bonchev–Trinajstić information content (AvgIpc) is 2.53. The quantitative estimate of drug-likeness (QED) is 0.807. The lowest BCUT2D eigenvalue weighted by Crippen LogP contribution is -2.52. The number of piperazine rings is 1. The number of urea groups is 1. The molecule has 2 amide bonds. The molecular formula is C15H19F2N3O3. The maximum Gasteiger partial charge on any atom is 0.317 e. The van der Waals surface area contributed by atoms with Crippen LogP contribution in [-0.4, -0.2) is 54.7 Å². The average molecular weight is 327 g/mol. The van der Waals surface area contributed by atoms with Crippen LogP contribution in [0.3, 0.4) is 0 Å². The SMILES string of the molecule is O=C(O)CCCNC(=O)N1CCN(c2cc(F)ccc2F)CC1. The number of hydrogen-bond donors (Lipinski definition) is 2. The van der Waals surface area contributed by atoms with E-state index in [1.54, 1.807) is 9.80 Å². The van der Waals surface area contributed by atoms with Crippen LogP contribution < -0.4 is 10.2 Å². The molecule has 2 N–H and O–H groups in total. The highest BCUT2D eigenvalue weighted by atomic mass is 19.1. The third kappa shape index (κ3) is 4.80. The number of benzene rings is 1. The summed E-state index contributed by atoms with van der Waals surface area (Å²) in [5.74, 6) is -1.89. The minimum Gasteiger partial charge on any atom is -0.481 e. The monoisotopic (exact) mass is 327 g/mol. The molecule has 23 heavy (non-hydrogen) atoms. The second kappa shape index (κ2) is 7.75. The van der Waals surface area contributed by atoms with Crippen molar-refractivity contribution in [1.29, 1.82) is 0 Å². The second-order valence-corrected chi connectivity index (χ2v) is 5.30. The fourth-order valence-electron chi connectivity index (χ4n) is 2.43. The minimum atomic E-state index is -0.898. The summed E-state index contributed by atoms with van der Waals surface area (Å²) in [6.07, 6.45) is 0.377. The Kier molecular flexibility index (Phi) is 5.72. The molecule has 1 fully saturated rings. The van der Waals surface area contributed by atoms with E-state index in [-0.39, 0.29) is 18.1 Å². The molecule has 0 spiro atoms. The van der Waals surface area contributed by atoms with Gasteiger partial charge in [-0.2, -0.15) is 0 Å². The number of carbonyl (C=O) groups excluding carboxylic acids is 1. The van der Waals surface area contributed by atoms with E-state index in [1.807, 2.05) is 0 Å². The molecule has 1 aliphatic rings. The standard InChI is InChI=1S/C15H19F2N3O3/c16-11-3-4-12(17)13(10-11)19-6-8-20(9-7-19)15(23)18-5-1-2-14(21)22/h3-4,10H,1-2,5-9H2,(H,18,23)(H,21,22). The number of nitrogens with zero attached hydrogens (tertiary/aromatic N) is 2. The largest absolute Gasteiger partial charge is 0.481 e. The third-order valence-corrected chi connectivity index (χ3v) is 3.66. The Labute approximate surface area is 132 Å². The first kappa shape index (κ1) is 17.0. The smallest absolute Gasteiger partial charge is 0.317 e. The number of anilines is 1. The number of hydrogen-bond acceptors (Lipinski definition) is 3. The van der Waals surface area contributed by atoms with E-state index in [4.69, 9.17) is 5.11 Å². The maximum atomic E-state index is 13.7. The first-order valence-electron chi connectivity index (χ1n) is 7.42. The molecule has 0 saturated carbocycles. The lowest BCUT2D eigenvalue weighted by molar-refractivity contribution is -0.137. The fourth-order valence-corrected chi connectivity index (χ4v) is 2.43. The van der Waals surface area contributed by atoms with E-state index in [1.165, 1.54) is 0 Å². The van der Waals surface area contributed by atoms with Crippen molar-refractivity contribution in [2.24, 2.45) is 0 Å². The minimum absolute atomic E-state index is 0.00685. The van der Waals surface area contributed by atoms with Crippen LogP contribution in [-0.2, 0) is 4.79 Å². The van der Waals surface area contributed by atoms with Crippen molar-refractivity contribution >= 4 is 17.7 Å². The van der Waals surface area contributed by atoms with Crippen molar-refractivity contribution in [3.05, 3.63) is 29.8 Å². The van der Waals surface area contributed by atoms with Crippen molar-refractivity contribution in [2.75, 3.05) is 37.6 Å². The van der Waals surface area contributed by atoms with Crippen LogP contribution in [0.1, 0.15) is 12.8 Å². The van der Waals surface area contributed by atoms with Crippen LogP contribution >= 0.6 is 0 Å². The molecule has 0 bridgehead atoms. The molecule has 126 valence electrons. The molecule has 0 aromatic heterocycles. The zero-order valence-electron chi connectivity index (χ0n) is 12.6. The van der Waals surface area contributed by atoms with Crippen molar-refractivity contribution in [2.45, 2.75) is 12.8 Å². The molecule has 6 nitrogen and oxygen atoms in total. The molecule has 1 aromatic carbocycles. The van der Waals surface area contributed by atoms with Gasteiger partial charge in [0.1, 0.15) is 11.6 Å². The van der Waals surface area contributed by atoms with E-state index < -0.39 is 17.6 Å². The Balaban J connectivity index is 1.80. The van der Waals surface area contributed by atoms with Crippen LogP contribution in [0.4, 0.5) is 19.3 Å². The molecule has 8 heteroatoms. The third-order valence-electron chi connectivity index (χ3n) is 3.66. The van der Waals surface area contributed by atoms with Gasteiger partial charge in [-0.25, -0.2) is 13.6 Å². The molecule has 0 radical (unpaired) electrons. The number of halogens is 2. The summed E-state index contributed by atoms with van der Waals surface area (Å²) in [5, 5.41) is 11.2. The summed E-state index contributed by atoms with van der Waals surface area (Å²) in [7, 11) is 0. The van der Waals surface area contributed by atoms with E-state index in [2.05, 4.69) is 5.32 Å². The highest BCUT2D eigenvalue weighted by molar-refractivity contribution is 5.74. The molecule has 0 aliphatic carbocycles. The van der Waals surface area contributed by atoms with E-state index >= 15 is 0 Å². The van der Waals surface area contributed by atoms with Gasteiger partial charge in [0.15, 0.2) is 0 Å². The van der Waals surface area contributed by atoms with E-state index in [9.17, 15) is 18.4 Å². The number of carboxylic acids is 1. The second-order valence-electron chi connectivity index (χ2n) is 5.30. The van der Waals surface area contributed by atoms with Crippen molar-refractivity contribution in [3.8, 4) is 0 Å². The predicted molar refractivity (Wildman–Crippen MR) is 80.4 cm³/mol. The zero-order valence-corrected chi connectivity index (χ0v) is 12.6. The zero-order chi connectivity index (χ0) is 16.8. The Bertz CT molecular complexity index is 575. The Morgan fingerprint density at radius 3 is 2.52 bits per heavy atom. The normalized spacial score (nSPS) is 14.7. The number of rotatable bonds is 5. The Morgan fingerprint density at radius 1 is 1.17 bits per heavy atom. The van der Waals surface area contributed by atoms with E-state index in [0.717, 1.165) is 18.2 Å². The summed E-state index contributed by atoms with van der Waals surface area (Å²) < 4.78 is 27.0. The number of carbonyl (C=O) groups is 2. The van der Waals surface area contributed by atoms with Crippen molar-refractivity contribution < 1.29 is 23.5 Å². The van der Waals surface area contributed by atoms with Gasteiger partial charge < -0.3 is 20.2 Å². The predicted octanol–water partition coefficient (Wildman–Crippen LogP) is 1.66. The van der Waals surface area contributed by atoms with Crippen LogP contribution in [0.15, 0.2) is 18.2 Å². The molecule has 1 heterocycles. The summed E-state index contributed by atoms with van der Waals surface area (Å²) >= 11 is 0. The van der Waals surface area contributed by atoms with Crippen molar-refractivity contribution in [1.82, 2.24) is 10.2 Å². The highest BCUT2D eigenvalue weighted by Gasteiger charge is 2.22. The number of carboxylic acid groups (broad SMARTS) is 1. The van der Waals surface area contributed by atoms with Gasteiger partial charge in [0.05, 0.1) is 5.69 Å². The van der Waals surface area contributed by atoms with Gasteiger partial charge in [-0.05, 0) is 18.6 Å². The molecule has 1 aliphatic heterocycles. The Hall–Kier alpha value is -2.38. The summed E-state index contributed by atoms with van der Waals surface area (Å²) in [6, 6.07) is 3.04. The highest BCUT2D eigenvalue weighted by Crippen LogP contribution is 2.21. The molecule has 1 aromatic rings. The molecule has 1 saturated heterocycles. The van der Waals surface area contributed by atoms with Gasteiger partial charge in [-0.3, -0.25) is 4.79 Å². The maximum absolute atomic E-state index is 13.7. The first-order valence-corrected chi connectivity index (χ1v) is 7.42. The summed E-state index contributed by atoms with van der Waals surface area (Å²) in [5.41, 5.74) is 0.200. The van der Waals surface area contributed by atoms with E-state index in [0.29, 0.717) is 39.1 Å². The van der Waals surface area contributed by atoms with Gasteiger partial charge >= 0.3 is 12.0 Å². The molecule has 2 rings (SSSR count). The molecule has 0 unspecified atom stereocenters. The van der Waals surface area contributed by atoms with Crippen molar-refractivity contribution in [3.63, 3.8) is 0 Å². The van der Waals surface area contributed by atoms with Crippen LogP contribution in [0.2, 0.25) is 0 Å². The van der Waals surface area contributed by atoms with Crippen LogP contribution in [0.5, 0.6) is 0 Å². The van der Waals surface area contributed by atoms with Gasteiger partial charge in [-0.15, -0.1) is 0 Å². The van der Waals surface area contributed by atoms with Crippen LogP contribution in [0.25, 0.3) is 0 Å². The Morgan fingerprint density at radius 2 is 1.87 bits per heavy atom. The summed E-state index contributed by atoms with van der Waals surface area (Å²) in [6.45, 7) is 1.89. The first-order chi connectivity index (χ1) is 11.0. The van der Waals surface area contributed by atoms with Gasteiger partial charge in [-0.1, -0.05) is 0 Å². The van der Waals surface area contributed by atoms with Gasteiger partial charge in [0.2, 0.25) is 0 Å². The molecule has 0 atom stereocenters.